The summed E-state index contributed by atoms with van der Waals surface area (Å²) in [4.78, 5) is 0. The van der Waals surface area contributed by atoms with Crippen LogP contribution in [0, 0.1) is 34.0 Å². The van der Waals surface area contributed by atoms with E-state index in [1.54, 1.807) is 0 Å². The van der Waals surface area contributed by atoms with Crippen LogP contribution in [0.4, 0.5) is 0 Å². The summed E-state index contributed by atoms with van der Waals surface area (Å²) >= 11 is 0. The SMILES string of the molecule is C=C1CCC2(C(C)C)CC12.CC1(C)[C@@H]2CC[C@@]1(C)[C@H](O)C2. The van der Waals surface area contributed by atoms with Crippen molar-refractivity contribution in [3.63, 3.8) is 0 Å². The van der Waals surface area contributed by atoms with Crippen molar-refractivity contribution in [3.05, 3.63) is 12.2 Å². The Balaban J connectivity index is 0.000000126. The molecule has 0 aromatic carbocycles. The molecule has 0 heterocycles. The van der Waals surface area contributed by atoms with Gasteiger partial charge in [-0.05, 0) is 72.5 Å². The molecule has 5 atom stereocenters. The molecule has 1 heteroatoms. The zero-order chi connectivity index (χ0) is 15.6. The lowest BCUT2D eigenvalue weighted by Crippen LogP contribution is -2.35. The smallest absolute Gasteiger partial charge is 0.0601 e. The van der Waals surface area contributed by atoms with Gasteiger partial charge in [0.05, 0.1) is 6.10 Å². The summed E-state index contributed by atoms with van der Waals surface area (Å²) in [5, 5.41) is 9.81. The van der Waals surface area contributed by atoms with Gasteiger partial charge in [0.1, 0.15) is 0 Å². The highest BCUT2D eigenvalue weighted by molar-refractivity contribution is 5.26. The summed E-state index contributed by atoms with van der Waals surface area (Å²) in [5.74, 6) is 2.59. The Morgan fingerprint density at radius 1 is 1.19 bits per heavy atom. The third-order valence-corrected chi connectivity index (χ3v) is 8.42. The second-order valence-electron chi connectivity index (χ2n) is 9.43. The van der Waals surface area contributed by atoms with E-state index in [2.05, 4.69) is 41.2 Å². The van der Waals surface area contributed by atoms with Crippen LogP contribution in [0.3, 0.4) is 0 Å². The maximum absolute atomic E-state index is 9.81. The summed E-state index contributed by atoms with van der Waals surface area (Å²) in [6, 6.07) is 0. The quantitative estimate of drug-likeness (QED) is 0.659. The van der Waals surface area contributed by atoms with Gasteiger partial charge in [-0.2, -0.15) is 0 Å². The topological polar surface area (TPSA) is 20.2 Å². The first-order valence-electron chi connectivity index (χ1n) is 9.01. The predicted octanol–water partition coefficient (Wildman–Crippen LogP) is 5.19. The van der Waals surface area contributed by atoms with Gasteiger partial charge < -0.3 is 5.11 Å². The van der Waals surface area contributed by atoms with Gasteiger partial charge in [0.25, 0.3) is 0 Å². The second-order valence-corrected chi connectivity index (χ2v) is 9.43. The largest absolute Gasteiger partial charge is 0.393 e. The Morgan fingerprint density at radius 3 is 2.05 bits per heavy atom. The van der Waals surface area contributed by atoms with Gasteiger partial charge >= 0.3 is 0 Å². The summed E-state index contributed by atoms with van der Waals surface area (Å²) in [6.45, 7) is 15.7. The van der Waals surface area contributed by atoms with E-state index in [9.17, 15) is 5.11 Å². The average Bonchev–Trinajstić information content (AvgIpc) is 2.97. The number of rotatable bonds is 1. The maximum Gasteiger partial charge on any atom is 0.0601 e. The molecule has 0 amide bonds. The van der Waals surface area contributed by atoms with Crippen LogP contribution in [-0.4, -0.2) is 11.2 Å². The minimum atomic E-state index is -0.0313. The van der Waals surface area contributed by atoms with Crippen molar-refractivity contribution < 1.29 is 5.11 Å². The lowest BCUT2D eigenvalue weighted by Gasteiger charge is -2.36. The van der Waals surface area contributed by atoms with E-state index in [-0.39, 0.29) is 11.5 Å². The lowest BCUT2D eigenvalue weighted by molar-refractivity contribution is 0.0126. The van der Waals surface area contributed by atoms with Gasteiger partial charge in [0, 0.05) is 0 Å². The molecule has 1 N–H and O–H groups in total. The highest BCUT2D eigenvalue weighted by atomic mass is 16.3. The van der Waals surface area contributed by atoms with E-state index in [0.29, 0.717) is 5.41 Å². The molecular formula is C20H34O. The van der Waals surface area contributed by atoms with Crippen molar-refractivity contribution in [2.45, 2.75) is 79.2 Å². The van der Waals surface area contributed by atoms with Gasteiger partial charge in [-0.25, -0.2) is 0 Å². The first-order valence-corrected chi connectivity index (χ1v) is 9.01. The molecular weight excluding hydrogens is 256 g/mol. The molecule has 4 aliphatic rings. The zero-order valence-corrected chi connectivity index (χ0v) is 14.7. The van der Waals surface area contributed by atoms with Crippen LogP contribution >= 0.6 is 0 Å². The fraction of sp³-hybridized carbons (Fsp3) is 0.900. The van der Waals surface area contributed by atoms with Crippen LogP contribution in [0.5, 0.6) is 0 Å². The van der Waals surface area contributed by atoms with Crippen LogP contribution in [0.1, 0.15) is 73.1 Å². The molecule has 0 aliphatic heterocycles. The van der Waals surface area contributed by atoms with E-state index in [1.807, 2.05) is 0 Å². The van der Waals surface area contributed by atoms with Crippen LogP contribution in [0.25, 0.3) is 0 Å². The number of allylic oxidation sites excluding steroid dienone is 1. The van der Waals surface area contributed by atoms with E-state index < -0.39 is 0 Å². The molecule has 2 unspecified atom stereocenters. The maximum atomic E-state index is 9.81. The summed E-state index contributed by atoms with van der Waals surface area (Å²) in [5.41, 5.74) is 2.87. The lowest BCUT2D eigenvalue weighted by atomic mass is 9.70. The standard InChI is InChI=1S/C10H18O.C10H16/c1-9(2)7-4-5-10(9,3)8(11)6-7;1-7(2)10-5-4-8(3)9(10)6-10/h7-8,11H,4-6H2,1-3H3;7,9H,3-6H2,1-2H3/t7-,8-,10+;/m1./s1. The van der Waals surface area contributed by atoms with E-state index >= 15 is 0 Å². The van der Waals surface area contributed by atoms with Crippen molar-refractivity contribution >= 4 is 0 Å². The Labute approximate surface area is 131 Å². The zero-order valence-electron chi connectivity index (χ0n) is 14.7. The van der Waals surface area contributed by atoms with Gasteiger partial charge in [0.15, 0.2) is 0 Å². The van der Waals surface area contributed by atoms with Crippen LogP contribution in [-0.2, 0) is 0 Å². The fourth-order valence-electron chi connectivity index (χ4n) is 5.80. The average molecular weight is 290 g/mol. The van der Waals surface area contributed by atoms with E-state index in [1.165, 1.54) is 37.7 Å². The molecule has 1 nitrogen and oxygen atoms in total. The number of hydrogen-bond donors (Lipinski definition) is 1. The molecule has 0 spiro atoms. The van der Waals surface area contributed by atoms with Crippen LogP contribution in [0.2, 0.25) is 0 Å². The van der Waals surface area contributed by atoms with Crippen molar-refractivity contribution in [3.8, 4) is 0 Å². The van der Waals surface area contributed by atoms with Gasteiger partial charge in [-0.15, -0.1) is 0 Å². The Kier molecular flexibility index (Phi) is 3.41. The van der Waals surface area contributed by atoms with Gasteiger partial charge in [-0.1, -0.05) is 46.8 Å². The molecule has 2 bridgehead atoms. The normalized spacial score (nSPS) is 49.1. The molecule has 21 heavy (non-hydrogen) atoms. The molecule has 0 radical (unpaired) electrons. The number of aliphatic hydroxyl groups is 1. The molecule has 0 saturated heterocycles. The van der Waals surface area contributed by atoms with Crippen molar-refractivity contribution in [2.75, 3.05) is 0 Å². The molecule has 120 valence electrons. The molecule has 0 aromatic rings. The van der Waals surface area contributed by atoms with Crippen molar-refractivity contribution in [2.24, 2.45) is 34.0 Å². The number of hydrogen-bond acceptors (Lipinski definition) is 1. The fourth-order valence-corrected chi connectivity index (χ4v) is 5.80. The van der Waals surface area contributed by atoms with Crippen molar-refractivity contribution in [1.29, 1.82) is 0 Å². The summed E-state index contributed by atoms with van der Waals surface area (Å²) in [6.07, 6.45) is 7.76. The molecule has 4 rings (SSSR count). The van der Waals surface area contributed by atoms with E-state index in [0.717, 1.165) is 29.6 Å². The Morgan fingerprint density at radius 2 is 1.86 bits per heavy atom. The highest BCUT2D eigenvalue weighted by Gasteiger charge is 2.61. The van der Waals surface area contributed by atoms with Crippen molar-refractivity contribution in [1.82, 2.24) is 0 Å². The monoisotopic (exact) mass is 290 g/mol. The van der Waals surface area contributed by atoms with Gasteiger partial charge in [0.2, 0.25) is 0 Å². The Bertz CT molecular complexity index is 449. The van der Waals surface area contributed by atoms with Gasteiger partial charge in [-0.3, -0.25) is 0 Å². The summed E-state index contributed by atoms with van der Waals surface area (Å²) in [7, 11) is 0. The predicted molar refractivity (Wildman–Crippen MR) is 89.0 cm³/mol. The van der Waals surface area contributed by atoms with Crippen LogP contribution < -0.4 is 0 Å². The highest BCUT2D eigenvalue weighted by Crippen LogP contribution is 2.69. The molecule has 4 saturated carbocycles. The van der Waals surface area contributed by atoms with Crippen LogP contribution in [0.15, 0.2) is 12.2 Å². The molecule has 4 aliphatic carbocycles. The second kappa shape index (κ2) is 4.60. The molecule has 4 fully saturated rings. The summed E-state index contributed by atoms with van der Waals surface area (Å²) < 4.78 is 0. The first-order chi connectivity index (χ1) is 9.65. The minimum absolute atomic E-state index is 0.0313. The first kappa shape index (κ1) is 15.6. The number of aliphatic hydroxyl groups excluding tert-OH is 1. The Hall–Kier alpha value is -0.300. The number of fused-ring (bicyclic) bond motifs is 3. The third kappa shape index (κ3) is 1.99. The van der Waals surface area contributed by atoms with E-state index in [4.69, 9.17) is 0 Å². The minimum Gasteiger partial charge on any atom is -0.393 e. The third-order valence-electron chi connectivity index (χ3n) is 8.42. The molecule has 0 aromatic heterocycles.